The number of phenolic OH excluding ortho intramolecular Hbond substituents is 1. The van der Waals surface area contributed by atoms with Crippen LogP contribution in [0.15, 0.2) is 52.0 Å². The Morgan fingerprint density at radius 1 is 1.20 bits per heavy atom. The number of ether oxygens (including phenoxy) is 1. The van der Waals surface area contributed by atoms with E-state index in [9.17, 15) is 14.7 Å². The Balaban J connectivity index is 1.81. The molecule has 0 saturated carbocycles. The van der Waals surface area contributed by atoms with Crippen LogP contribution in [0.5, 0.6) is 11.5 Å². The SMILES string of the molecule is COc1ccc(NC(=O)CC(=O)N/N=C/c2ccc(O)c(Br)c2)cc1. The number of hydrogen-bond acceptors (Lipinski definition) is 5. The van der Waals surface area contributed by atoms with E-state index in [4.69, 9.17) is 4.74 Å². The first-order valence-electron chi connectivity index (χ1n) is 7.22. The molecule has 0 saturated heterocycles. The topological polar surface area (TPSA) is 100 Å². The molecule has 0 aliphatic rings. The molecule has 0 bridgehead atoms. The van der Waals surface area contributed by atoms with Gasteiger partial charge in [0.15, 0.2) is 0 Å². The summed E-state index contributed by atoms with van der Waals surface area (Å²) in [5.74, 6) is -0.215. The van der Waals surface area contributed by atoms with Crippen molar-refractivity contribution in [2.24, 2.45) is 5.10 Å². The molecule has 2 aromatic carbocycles. The van der Waals surface area contributed by atoms with Gasteiger partial charge in [0.25, 0.3) is 0 Å². The van der Waals surface area contributed by atoms with E-state index in [-0.39, 0.29) is 12.2 Å². The second kappa shape index (κ2) is 8.84. The van der Waals surface area contributed by atoms with E-state index in [0.717, 1.165) is 0 Å². The average molecular weight is 406 g/mol. The predicted octanol–water partition coefficient (Wildman–Crippen LogP) is 2.64. The lowest BCUT2D eigenvalue weighted by atomic mass is 10.2. The summed E-state index contributed by atoms with van der Waals surface area (Å²) in [5, 5.41) is 15.8. The molecule has 25 heavy (non-hydrogen) atoms. The number of amides is 2. The molecule has 0 aromatic heterocycles. The second-order valence-electron chi connectivity index (χ2n) is 4.96. The molecule has 130 valence electrons. The number of anilines is 1. The quantitative estimate of drug-likeness (QED) is 0.390. The van der Waals surface area contributed by atoms with Crippen molar-refractivity contribution in [1.82, 2.24) is 5.43 Å². The Morgan fingerprint density at radius 2 is 1.92 bits per heavy atom. The molecule has 2 aromatic rings. The van der Waals surface area contributed by atoms with Gasteiger partial charge in [-0.2, -0.15) is 5.10 Å². The number of rotatable bonds is 6. The van der Waals surface area contributed by atoms with Crippen molar-refractivity contribution in [2.75, 3.05) is 12.4 Å². The van der Waals surface area contributed by atoms with Crippen molar-refractivity contribution in [2.45, 2.75) is 6.42 Å². The van der Waals surface area contributed by atoms with Crippen LogP contribution in [0.1, 0.15) is 12.0 Å². The van der Waals surface area contributed by atoms with E-state index < -0.39 is 11.8 Å². The molecule has 7 nitrogen and oxygen atoms in total. The Hall–Kier alpha value is -2.87. The van der Waals surface area contributed by atoms with Crippen LogP contribution in [0, 0.1) is 0 Å². The fraction of sp³-hybridized carbons (Fsp3) is 0.118. The van der Waals surface area contributed by atoms with Gasteiger partial charge in [-0.1, -0.05) is 0 Å². The third-order valence-electron chi connectivity index (χ3n) is 3.07. The maximum Gasteiger partial charge on any atom is 0.249 e. The van der Waals surface area contributed by atoms with Crippen LogP contribution >= 0.6 is 15.9 Å². The number of aromatic hydroxyl groups is 1. The minimum absolute atomic E-state index is 0.108. The molecule has 2 rings (SSSR count). The molecule has 0 heterocycles. The molecule has 0 atom stereocenters. The lowest BCUT2D eigenvalue weighted by Crippen LogP contribution is -2.24. The molecule has 3 N–H and O–H groups in total. The number of phenols is 1. The summed E-state index contributed by atoms with van der Waals surface area (Å²) in [4.78, 5) is 23.5. The van der Waals surface area contributed by atoms with Crippen molar-refractivity contribution < 1.29 is 19.4 Å². The Bertz CT molecular complexity index is 791. The van der Waals surface area contributed by atoms with Crippen LogP contribution in [-0.4, -0.2) is 30.2 Å². The van der Waals surface area contributed by atoms with E-state index in [1.807, 2.05) is 0 Å². The summed E-state index contributed by atoms with van der Waals surface area (Å²) >= 11 is 3.18. The first-order valence-corrected chi connectivity index (χ1v) is 8.01. The Morgan fingerprint density at radius 3 is 2.56 bits per heavy atom. The number of nitrogens with zero attached hydrogens (tertiary/aromatic N) is 1. The van der Waals surface area contributed by atoms with Crippen molar-refractivity contribution in [3.63, 3.8) is 0 Å². The fourth-order valence-electron chi connectivity index (χ4n) is 1.85. The van der Waals surface area contributed by atoms with Crippen molar-refractivity contribution >= 4 is 39.6 Å². The van der Waals surface area contributed by atoms with Crippen LogP contribution in [-0.2, 0) is 9.59 Å². The van der Waals surface area contributed by atoms with E-state index >= 15 is 0 Å². The summed E-state index contributed by atoms with van der Waals surface area (Å²) in [6.45, 7) is 0. The molecule has 0 radical (unpaired) electrons. The van der Waals surface area contributed by atoms with E-state index in [0.29, 0.717) is 21.5 Å². The zero-order valence-corrected chi connectivity index (χ0v) is 14.9. The number of carbonyl (C=O) groups excluding carboxylic acids is 2. The van der Waals surface area contributed by atoms with E-state index in [1.54, 1.807) is 43.5 Å². The van der Waals surface area contributed by atoms with Crippen LogP contribution in [0.2, 0.25) is 0 Å². The maximum absolute atomic E-state index is 11.8. The molecular formula is C17H16BrN3O4. The zero-order chi connectivity index (χ0) is 18.2. The van der Waals surface area contributed by atoms with Gasteiger partial charge >= 0.3 is 0 Å². The first-order chi connectivity index (χ1) is 12.0. The highest BCUT2D eigenvalue weighted by Gasteiger charge is 2.09. The molecule has 0 unspecified atom stereocenters. The van der Waals surface area contributed by atoms with E-state index in [2.05, 4.69) is 31.8 Å². The molecule has 2 amide bonds. The van der Waals surface area contributed by atoms with Gasteiger partial charge in [-0.3, -0.25) is 9.59 Å². The molecule has 0 spiro atoms. The van der Waals surface area contributed by atoms with Crippen LogP contribution in [0.25, 0.3) is 0 Å². The third-order valence-corrected chi connectivity index (χ3v) is 3.70. The summed E-state index contributed by atoms with van der Waals surface area (Å²) in [6, 6.07) is 11.5. The van der Waals surface area contributed by atoms with Gasteiger partial charge in [-0.25, -0.2) is 5.43 Å². The summed E-state index contributed by atoms with van der Waals surface area (Å²) in [7, 11) is 1.55. The largest absolute Gasteiger partial charge is 0.507 e. The monoisotopic (exact) mass is 405 g/mol. The number of methoxy groups -OCH3 is 1. The smallest absolute Gasteiger partial charge is 0.249 e. The van der Waals surface area contributed by atoms with Gasteiger partial charge in [0.05, 0.1) is 17.8 Å². The Kier molecular flexibility index (Phi) is 6.53. The Labute approximate surface area is 152 Å². The maximum atomic E-state index is 11.8. The highest BCUT2D eigenvalue weighted by atomic mass is 79.9. The lowest BCUT2D eigenvalue weighted by Gasteiger charge is -2.05. The summed E-state index contributed by atoms with van der Waals surface area (Å²) in [5.41, 5.74) is 3.51. The van der Waals surface area contributed by atoms with Crippen molar-refractivity contribution in [3.05, 3.63) is 52.5 Å². The van der Waals surface area contributed by atoms with Crippen LogP contribution in [0.4, 0.5) is 5.69 Å². The van der Waals surface area contributed by atoms with Crippen molar-refractivity contribution in [1.29, 1.82) is 0 Å². The standard InChI is InChI=1S/C17H16BrN3O4/c1-25-13-5-3-12(4-6-13)20-16(23)9-17(24)21-19-10-11-2-7-15(22)14(18)8-11/h2-8,10,22H,9H2,1H3,(H,20,23)(H,21,24)/b19-10+. The number of hydrazone groups is 1. The second-order valence-corrected chi connectivity index (χ2v) is 5.81. The number of benzene rings is 2. The van der Waals surface area contributed by atoms with Crippen LogP contribution < -0.4 is 15.5 Å². The normalized spacial score (nSPS) is 10.5. The number of nitrogens with one attached hydrogen (secondary N) is 2. The number of halogens is 1. The number of hydrogen-bond donors (Lipinski definition) is 3. The van der Waals surface area contributed by atoms with Gasteiger partial charge in [0.2, 0.25) is 11.8 Å². The van der Waals surface area contributed by atoms with Crippen molar-refractivity contribution in [3.8, 4) is 11.5 Å². The van der Waals surface area contributed by atoms with Gasteiger partial charge < -0.3 is 15.2 Å². The van der Waals surface area contributed by atoms with Gasteiger partial charge in [-0.05, 0) is 64.0 Å². The summed E-state index contributed by atoms with van der Waals surface area (Å²) in [6.07, 6.45) is 1.05. The lowest BCUT2D eigenvalue weighted by molar-refractivity contribution is -0.126. The zero-order valence-electron chi connectivity index (χ0n) is 13.3. The molecule has 0 fully saturated rings. The molecule has 8 heteroatoms. The fourth-order valence-corrected chi connectivity index (χ4v) is 2.24. The number of carbonyl (C=O) groups is 2. The van der Waals surface area contributed by atoms with Gasteiger partial charge in [0, 0.05) is 5.69 Å². The summed E-state index contributed by atoms with van der Waals surface area (Å²) < 4.78 is 5.54. The van der Waals surface area contributed by atoms with E-state index in [1.165, 1.54) is 12.3 Å². The first kappa shape index (κ1) is 18.5. The van der Waals surface area contributed by atoms with Crippen LogP contribution in [0.3, 0.4) is 0 Å². The molecule has 0 aliphatic carbocycles. The minimum Gasteiger partial charge on any atom is -0.507 e. The molecule has 0 aliphatic heterocycles. The molecular weight excluding hydrogens is 390 g/mol. The van der Waals surface area contributed by atoms with Gasteiger partial charge in [-0.15, -0.1) is 0 Å². The minimum atomic E-state index is -0.542. The predicted molar refractivity (Wildman–Crippen MR) is 97.8 cm³/mol. The highest BCUT2D eigenvalue weighted by molar-refractivity contribution is 9.10. The highest BCUT2D eigenvalue weighted by Crippen LogP contribution is 2.23. The van der Waals surface area contributed by atoms with Gasteiger partial charge in [0.1, 0.15) is 17.9 Å². The average Bonchev–Trinajstić information content (AvgIpc) is 2.58. The third kappa shape index (κ3) is 5.92.